The Morgan fingerprint density at radius 1 is 1.09 bits per heavy atom. The highest BCUT2D eigenvalue weighted by atomic mass is 19.4. The van der Waals surface area contributed by atoms with Crippen LogP contribution in [0, 0.1) is 13.8 Å². The standard InChI is InChI=1S/C15H16F3N3O/c1-10-6-11(2)21-14(20-10)19-8-12-4-3-5-13(7-12)22-9-15(16,17)18/h3-7H,8-9H2,1-2H3,(H,19,20,21). The van der Waals surface area contributed by atoms with E-state index in [4.69, 9.17) is 4.74 Å². The topological polar surface area (TPSA) is 47.0 Å². The average Bonchev–Trinajstić information content (AvgIpc) is 2.42. The molecule has 0 aliphatic carbocycles. The van der Waals surface area contributed by atoms with Gasteiger partial charge in [0.05, 0.1) is 0 Å². The normalized spacial score (nSPS) is 11.3. The van der Waals surface area contributed by atoms with E-state index in [2.05, 4.69) is 15.3 Å². The fourth-order valence-electron chi connectivity index (χ4n) is 1.90. The van der Waals surface area contributed by atoms with E-state index in [0.29, 0.717) is 12.5 Å². The molecule has 22 heavy (non-hydrogen) atoms. The van der Waals surface area contributed by atoms with Crippen molar-refractivity contribution in [1.82, 2.24) is 9.97 Å². The predicted octanol–water partition coefficient (Wildman–Crippen LogP) is 3.65. The second-order valence-electron chi connectivity index (χ2n) is 4.88. The molecule has 2 aromatic rings. The summed E-state index contributed by atoms with van der Waals surface area (Å²) >= 11 is 0. The third kappa shape index (κ3) is 5.23. The third-order valence-electron chi connectivity index (χ3n) is 2.73. The molecule has 0 aliphatic heterocycles. The molecule has 2 rings (SSSR count). The van der Waals surface area contributed by atoms with E-state index in [-0.39, 0.29) is 5.75 Å². The SMILES string of the molecule is Cc1cc(C)nc(NCc2cccc(OCC(F)(F)F)c2)n1. The van der Waals surface area contributed by atoms with Crippen molar-refractivity contribution >= 4 is 5.95 Å². The van der Waals surface area contributed by atoms with Crippen LogP contribution in [0.2, 0.25) is 0 Å². The number of rotatable bonds is 5. The summed E-state index contributed by atoms with van der Waals surface area (Å²) in [4.78, 5) is 8.48. The number of hydrogen-bond donors (Lipinski definition) is 1. The van der Waals surface area contributed by atoms with Crippen molar-refractivity contribution < 1.29 is 17.9 Å². The smallest absolute Gasteiger partial charge is 0.422 e. The van der Waals surface area contributed by atoms with Gasteiger partial charge < -0.3 is 10.1 Å². The lowest BCUT2D eigenvalue weighted by Gasteiger charge is -2.11. The molecule has 0 bridgehead atoms. The fourth-order valence-corrected chi connectivity index (χ4v) is 1.90. The molecule has 1 aromatic carbocycles. The Morgan fingerprint density at radius 3 is 2.41 bits per heavy atom. The van der Waals surface area contributed by atoms with E-state index in [1.54, 1.807) is 18.2 Å². The Bertz CT molecular complexity index is 624. The van der Waals surface area contributed by atoms with Crippen LogP contribution in [-0.4, -0.2) is 22.8 Å². The zero-order valence-corrected chi connectivity index (χ0v) is 12.2. The molecule has 1 heterocycles. The van der Waals surface area contributed by atoms with Gasteiger partial charge in [-0.3, -0.25) is 0 Å². The zero-order valence-electron chi connectivity index (χ0n) is 12.2. The Labute approximate surface area is 126 Å². The number of alkyl halides is 3. The van der Waals surface area contributed by atoms with E-state index in [1.165, 1.54) is 6.07 Å². The lowest BCUT2D eigenvalue weighted by atomic mass is 10.2. The maximum absolute atomic E-state index is 12.1. The number of nitrogens with zero attached hydrogens (tertiary/aromatic N) is 2. The van der Waals surface area contributed by atoms with Gasteiger partial charge in [-0.05, 0) is 37.6 Å². The van der Waals surface area contributed by atoms with Gasteiger partial charge in [0, 0.05) is 17.9 Å². The number of anilines is 1. The van der Waals surface area contributed by atoms with Crippen LogP contribution in [0.4, 0.5) is 19.1 Å². The molecule has 0 saturated carbocycles. The minimum Gasteiger partial charge on any atom is -0.484 e. The van der Waals surface area contributed by atoms with Gasteiger partial charge in [0.25, 0.3) is 0 Å². The van der Waals surface area contributed by atoms with E-state index in [1.807, 2.05) is 19.9 Å². The summed E-state index contributed by atoms with van der Waals surface area (Å²) in [5, 5.41) is 3.04. The molecule has 0 atom stereocenters. The fraction of sp³-hybridized carbons (Fsp3) is 0.333. The first-order chi connectivity index (χ1) is 10.3. The van der Waals surface area contributed by atoms with Crippen molar-refractivity contribution in [1.29, 1.82) is 0 Å². The second-order valence-corrected chi connectivity index (χ2v) is 4.88. The Hall–Kier alpha value is -2.31. The van der Waals surface area contributed by atoms with Gasteiger partial charge >= 0.3 is 6.18 Å². The molecule has 1 N–H and O–H groups in total. The zero-order chi connectivity index (χ0) is 16.2. The Morgan fingerprint density at radius 2 is 1.77 bits per heavy atom. The molecule has 0 unspecified atom stereocenters. The van der Waals surface area contributed by atoms with Crippen molar-refractivity contribution in [2.24, 2.45) is 0 Å². The van der Waals surface area contributed by atoms with Gasteiger partial charge in [-0.25, -0.2) is 9.97 Å². The van der Waals surface area contributed by atoms with Crippen molar-refractivity contribution in [2.75, 3.05) is 11.9 Å². The van der Waals surface area contributed by atoms with Gasteiger partial charge in [-0.2, -0.15) is 13.2 Å². The molecule has 0 spiro atoms. The minimum absolute atomic E-state index is 0.179. The molecule has 0 fully saturated rings. The van der Waals surface area contributed by atoms with E-state index >= 15 is 0 Å². The maximum atomic E-state index is 12.1. The van der Waals surface area contributed by atoms with Crippen molar-refractivity contribution in [3.63, 3.8) is 0 Å². The summed E-state index contributed by atoms with van der Waals surface area (Å²) in [6, 6.07) is 8.34. The molecular weight excluding hydrogens is 295 g/mol. The Balaban J connectivity index is 1.98. The highest BCUT2D eigenvalue weighted by Gasteiger charge is 2.28. The van der Waals surface area contributed by atoms with Gasteiger partial charge in [0.15, 0.2) is 6.61 Å². The number of nitrogens with one attached hydrogen (secondary N) is 1. The molecule has 1 aromatic heterocycles. The van der Waals surface area contributed by atoms with Crippen molar-refractivity contribution in [2.45, 2.75) is 26.6 Å². The number of hydrogen-bond acceptors (Lipinski definition) is 4. The molecule has 0 amide bonds. The molecular formula is C15H16F3N3O. The van der Waals surface area contributed by atoms with Crippen LogP contribution < -0.4 is 10.1 Å². The molecule has 0 saturated heterocycles. The predicted molar refractivity (Wildman–Crippen MR) is 76.8 cm³/mol. The lowest BCUT2D eigenvalue weighted by Crippen LogP contribution is -2.19. The summed E-state index contributed by atoms with van der Waals surface area (Å²) < 4.78 is 41.1. The largest absolute Gasteiger partial charge is 0.484 e. The molecule has 118 valence electrons. The molecule has 0 aliphatic rings. The first-order valence-corrected chi connectivity index (χ1v) is 6.66. The molecule has 4 nitrogen and oxygen atoms in total. The van der Waals surface area contributed by atoms with Gasteiger partial charge in [-0.15, -0.1) is 0 Å². The number of halogens is 3. The van der Waals surface area contributed by atoms with Crippen LogP contribution >= 0.6 is 0 Å². The number of aromatic nitrogens is 2. The highest BCUT2D eigenvalue weighted by Crippen LogP contribution is 2.19. The van der Waals surface area contributed by atoms with Crippen LogP contribution in [-0.2, 0) is 6.54 Å². The summed E-state index contributed by atoms with van der Waals surface area (Å²) in [6.07, 6.45) is -4.35. The highest BCUT2D eigenvalue weighted by molar-refractivity contribution is 5.33. The summed E-state index contributed by atoms with van der Waals surface area (Å²) in [5.41, 5.74) is 2.47. The van der Waals surface area contributed by atoms with Crippen LogP contribution in [0.1, 0.15) is 17.0 Å². The monoisotopic (exact) mass is 311 g/mol. The number of benzene rings is 1. The van der Waals surface area contributed by atoms with Crippen molar-refractivity contribution in [3.05, 3.63) is 47.3 Å². The first kappa shape index (κ1) is 16.1. The number of aryl methyl sites for hydroxylation is 2. The minimum atomic E-state index is -4.35. The van der Waals surface area contributed by atoms with E-state index in [9.17, 15) is 13.2 Å². The maximum Gasteiger partial charge on any atom is 0.422 e. The van der Waals surface area contributed by atoms with Crippen LogP contribution in [0.25, 0.3) is 0 Å². The average molecular weight is 311 g/mol. The quantitative estimate of drug-likeness (QED) is 0.915. The van der Waals surface area contributed by atoms with Gasteiger partial charge in [0.2, 0.25) is 5.95 Å². The van der Waals surface area contributed by atoms with E-state index in [0.717, 1.165) is 17.0 Å². The second kappa shape index (κ2) is 6.64. The van der Waals surface area contributed by atoms with Crippen LogP contribution in [0.5, 0.6) is 5.75 Å². The van der Waals surface area contributed by atoms with E-state index < -0.39 is 12.8 Å². The third-order valence-corrected chi connectivity index (χ3v) is 2.73. The summed E-state index contributed by atoms with van der Waals surface area (Å²) in [6.45, 7) is 2.83. The summed E-state index contributed by atoms with van der Waals surface area (Å²) in [5.74, 6) is 0.664. The Kier molecular flexibility index (Phi) is 4.85. The number of ether oxygens (including phenoxy) is 1. The summed E-state index contributed by atoms with van der Waals surface area (Å²) in [7, 11) is 0. The van der Waals surface area contributed by atoms with Gasteiger partial charge in [0.1, 0.15) is 5.75 Å². The molecule has 0 radical (unpaired) electrons. The van der Waals surface area contributed by atoms with Gasteiger partial charge in [-0.1, -0.05) is 12.1 Å². The van der Waals surface area contributed by atoms with Crippen molar-refractivity contribution in [3.8, 4) is 5.75 Å². The first-order valence-electron chi connectivity index (χ1n) is 6.66. The molecule has 7 heteroatoms. The lowest BCUT2D eigenvalue weighted by molar-refractivity contribution is -0.153. The van der Waals surface area contributed by atoms with Crippen LogP contribution in [0.3, 0.4) is 0 Å². The van der Waals surface area contributed by atoms with Crippen LogP contribution in [0.15, 0.2) is 30.3 Å².